The van der Waals surface area contributed by atoms with Gasteiger partial charge in [-0.15, -0.1) is 0 Å². The average molecular weight is 614 g/mol. The van der Waals surface area contributed by atoms with Crippen LogP contribution >= 0.6 is 11.8 Å². The van der Waals surface area contributed by atoms with Crippen LogP contribution in [0.1, 0.15) is 38.6 Å². The van der Waals surface area contributed by atoms with Gasteiger partial charge in [0.25, 0.3) is 0 Å². The van der Waals surface area contributed by atoms with Gasteiger partial charge in [0.2, 0.25) is 29.5 Å². The zero-order valence-electron chi connectivity index (χ0n) is 25.5. The SMILES string of the molecule is CSCC[C@@H]1NC(=O)[C@H](C(C)C)NC(=O)CN(C(=O)Cn2ccnc2C)C[C@@H](Cc2ccccc2)NC(=O)[C@H](C)NC1=O. The Balaban J connectivity index is 1.98. The molecule has 4 N–H and O–H groups in total. The summed E-state index contributed by atoms with van der Waals surface area (Å²) in [5, 5.41) is 11.3. The first-order valence-electron chi connectivity index (χ1n) is 14.5. The van der Waals surface area contributed by atoms with Gasteiger partial charge < -0.3 is 30.7 Å². The molecule has 43 heavy (non-hydrogen) atoms. The molecule has 234 valence electrons. The van der Waals surface area contributed by atoms with Crippen LogP contribution in [0.5, 0.6) is 0 Å². The molecular formula is C30H43N7O5S. The summed E-state index contributed by atoms with van der Waals surface area (Å²) in [6.45, 7) is 6.58. The summed E-state index contributed by atoms with van der Waals surface area (Å²) in [5.74, 6) is -1.37. The Bertz CT molecular complexity index is 1270. The second kappa shape index (κ2) is 16.1. The maximum absolute atomic E-state index is 13.6. The van der Waals surface area contributed by atoms with E-state index in [9.17, 15) is 24.0 Å². The molecule has 0 unspecified atom stereocenters. The second-order valence-electron chi connectivity index (χ2n) is 11.1. The van der Waals surface area contributed by atoms with Crippen molar-refractivity contribution < 1.29 is 24.0 Å². The van der Waals surface area contributed by atoms with Crippen LogP contribution in [-0.2, 0) is 36.9 Å². The van der Waals surface area contributed by atoms with Gasteiger partial charge in [-0.2, -0.15) is 11.8 Å². The van der Waals surface area contributed by atoms with Gasteiger partial charge in [-0.1, -0.05) is 44.2 Å². The number of hydrogen-bond acceptors (Lipinski definition) is 7. The second-order valence-corrected chi connectivity index (χ2v) is 12.1. The topological polar surface area (TPSA) is 155 Å². The molecule has 0 bridgehead atoms. The molecule has 5 amide bonds. The number of benzene rings is 1. The van der Waals surface area contributed by atoms with Crippen LogP contribution in [0.2, 0.25) is 0 Å². The van der Waals surface area contributed by atoms with Crippen LogP contribution in [0, 0.1) is 12.8 Å². The molecular weight excluding hydrogens is 570 g/mol. The lowest BCUT2D eigenvalue weighted by molar-refractivity contribution is -0.138. The average Bonchev–Trinajstić information content (AvgIpc) is 3.36. The number of aryl methyl sites for hydroxylation is 1. The number of aromatic nitrogens is 2. The van der Waals surface area contributed by atoms with E-state index >= 15 is 0 Å². The number of rotatable bonds is 8. The van der Waals surface area contributed by atoms with Gasteiger partial charge in [0.1, 0.15) is 30.5 Å². The first kappa shape index (κ1) is 33.6. The van der Waals surface area contributed by atoms with Crippen LogP contribution < -0.4 is 21.3 Å². The highest BCUT2D eigenvalue weighted by atomic mass is 32.2. The first-order chi connectivity index (χ1) is 20.5. The van der Waals surface area contributed by atoms with E-state index < -0.39 is 47.8 Å². The molecule has 1 saturated heterocycles. The molecule has 1 aliphatic rings. The molecule has 0 spiro atoms. The maximum Gasteiger partial charge on any atom is 0.243 e. The highest BCUT2D eigenvalue weighted by molar-refractivity contribution is 7.98. The number of imidazole rings is 1. The number of carbonyl (C=O) groups is 5. The maximum atomic E-state index is 13.6. The molecule has 0 saturated carbocycles. The van der Waals surface area contributed by atoms with Gasteiger partial charge in [0, 0.05) is 18.9 Å². The minimum absolute atomic E-state index is 0.0240. The minimum Gasteiger partial charge on any atom is -0.349 e. The van der Waals surface area contributed by atoms with Crippen LogP contribution in [0.4, 0.5) is 0 Å². The van der Waals surface area contributed by atoms with Crippen molar-refractivity contribution in [1.29, 1.82) is 0 Å². The van der Waals surface area contributed by atoms with Crippen molar-refractivity contribution in [1.82, 2.24) is 35.7 Å². The van der Waals surface area contributed by atoms with Crippen molar-refractivity contribution >= 4 is 41.3 Å². The van der Waals surface area contributed by atoms with Crippen LogP contribution in [0.15, 0.2) is 42.7 Å². The van der Waals surface area contributed by atoms with Gasteiger partial charge in [0.15, 0.2) is 0 Å². The minimum atomic E-state index is -0.938. The third kappa shape index (κ3) is 10.1. The largest absolute Gasteiger partial charge is 0.349 e. The molecule has 13 heteroatoms. The van der Waals surface area contributed by atoms with Crippen LogP contribution in [0.3, 0.4) is 0 Å². The Hall–Kier alpha value is -3.87. The molecule has 1 fully saturated rings. The van der Waals surface area contributed by atoms with Crippen LogP contribution in [0.25, 0.3) is 0 Å². The number of nitrogens with zero attached hydrogens (tertiary/aromatic N) is 3. The normalized spacial score (nSPS) is 22.6. The molecule has 2 heterocycles. The lowest BCUT2D eigenvalue weighted by atomic mass is 10.0. The summed E-state index contributed by atoms with van der Waals surface area (Å²) < 4.78 is 1.68. The monoisotopic (exact) mass is 613 g/mol. The third-order valence-electron chi connectivity index (χ3n) is 7.29. The van der Waals surface area contributed by atoms with Crippen molar-refractivity contribution in [2.75, 3.05) is 25.1 Å². The van der Waals surface area contributed by atoms with Crippen molar-refractivity contribution in [2.24, 2.45) is 5.92 Å². The van der Waals surface area contributed by atoms with Gasteiger partial charge in [0.05, 0.1) is 12.6 Å². The standard InChI is InChI=1S/C30H43N7O5S/c1-19(2)27-30(42)34-24(11-14-43-5)29(41)32-20(3)28(40)33-23(15-22-9-7-6-8-10-22)16-37(17-25(38)35-27)26(39)18-36-13-12-31-21(36)4/h6-10,12-13,19-20,23-24,27H,11,14-18H2,1-5H3,(H,32,41)(H,33,40)(H,34,42)(H,35,38)/t20-,23+,24-,27-/m0/s1. The van der Waals surface area contributed by atoms with Gasteiger partial charge in [-0.05, 0) is 50.2 Å². The van der Waals surface area contributed by atoms with Gasteiger partial charge in [-0.25, -0.2) is 4.98 Å². The highest BCUT2D eigenvalue weighted by Gasteiger charge is 2.32. The molecule has 3 rings (SSSR count). The van der Waals surface area contributed by atoms with E-state index in [2.05, 4.69) is 26.3 Å². The zero-order valence-corrected chi connectivity index (χ0v) is 26.3. The van der Waals surface area contributed by atoms with Crippen LogP contribution in [-0.4, -0.2) is 93.3 Å². The fourth-order valence-corrected chi connectivity index (χ4v) is 5.27. The van der Waals surface area contributed by atoms with Gasteiger partial charge in [-0.3, -0.25) is 24.0 Å². The van der Waals surface area contributed by atoms with E-state index in [0.717, 1.165) is 5.56 Å². The van der Waals surface area contributed by atoms with E-state index in [1.165, 1.54) is 16.7 Å². The summed E-state index contributed by atoms with van der Waals surface area (Å²) in [6, 6.07) is 6.17. The molecule has 0 radical (unpaired) electrons. The molecule has 1 aromatic carbocycles. The summed E-state index contributed by atoms with van der Waals surface area (Å²) in [5.41, 5.74) is 0.927. The lowest BCUT2D eigenvalue weighted by Crippen LogP contribution is -2.57. The molecule has 4 atom stereocenters. The molecule has 1 aromatic heterocycles. The predicted molar refractivity (Wildman–Crippen MR) is 165 cm³/mol. The molecule has 0 aliphatic carbocycles. The Labute approximate surface area is 257 Å². The summed E-state index contributed by atoms with van der Waals surface area (Å²) >= 11 is 1.53. The predicted octanol–water partition coefficient (Wildman–Crippen LogP) is 0.645. The molecule has 1 aliphatic heterocycles. The molecule has 12 nitrogen and oxygen atoms in total. The van der Waals surface area contributed by atoms with Crippen molar-refractivity contribution in [2.45, 2.75) is 71.2 Å². The Morgan fingerprint density at radius 3 is 2.37 bits per heavy atom. The van der Waals surface area contributed by atoms with E-state index in [1.807, 2.05) is 36.6 Å². The van der Waals surface area contributed by atoms with Gasteiger partial charge >= 0.3 is 0 Å². The Kier molecular flexibility index (Phi) is 12.6. The van der Waals surface area contributed by atoms with E-state index in [1.54, 1.807) is 44.7 Å². The van der Waals surface area contributed by atoms with E-state index in [0.29, 0.717) is 24.4 Å². The first-order valence-corrected chi connectivity index (χ1v) is 15.9. The smallest absolute Gasteiger partial charge is 0.243 e. The zero-order chi connectivity index (χ0) is 31.5. The Morgan fingerprint density at radius 2 is 1.74 bits per heavy atom. The lowest BCUT2D eigenvalue weighted by Gasteiger charge is -2.30. The fourth-order valence-electron chi connectivity index (χ4n) is 4.80. The summed E-state index contributed by atoms with van der Waals surface area (Å²) in [6.07, 6.45) is 5.90. The van der Waals surface area contributed by atoms with E-state index in [-0.39, 0.29) is 31.5 Å². The molecule has 2 aromatic rings. The number of thioether (sulfide) groups is 1. The number of nitrogens with one attached hydrogen (secondary N) is 4. The highest BCUT2D eigenvalue weighted by Crippen LogP contribution is 2.10. The fraction of sp³-hybridized carbons (Fsp3) is 0.533. The van der Waals surface area contributed by atoms with Crippen molar-refractivity contribution in [3.63, 3.8) is 0 Å². The van der Waals surface area contributed by atoms with Crippen molar-refractivity contribution in [3.8, 4) is 0 Å². The van der Waals surface area contributed by atoms with Crippen molar-refractivity contribution in [3.05, 3.63) is 54.1 Å². The third-order valence-corrected chi connectivity index (χ3v) is 7.93. The number of hydrogen-bond donors (Lipinski definition) is 4. The summed E-state index contributed by atoms with van der Waals surface area (Å²) in [4.78, 5) is 72.5. The number of carbonyl (C=O) groups excluding carboxylic acids is 5. The van der Waals surface area contributed by atoms with E-state index in [4.69, 9.17) is 0 Å². The number of amides is 5. The Morgan fingerprint density at radius 1 is 1.02 bits per heavy atom. The summed E-state index contributed by atoms with van der Waals surface area (Å²) in [7, 11) is 0. The quantitative estimate of drug-likeness (QED) is 0.341.